The molecule has 9 heteroatoms. The number of benzene rings is 1. The van der Waals surface area contributed by atoms with E-state index in [1.807, 2.05) is 34.6 Å². The van der Waals surface area contributed by atoms with Crippen LogP contribution in [0.1, 0.15) is 33.3 Å². The van der Waals surface area contributed by atoms with Gasteiger partial charge >= 0.3 is 7.12 Å². The second-order valence-electron chi connectivity index (χ2n) is 8.50. The number of hydrogen-bond donors (Lipinski definition) is 0. The first-order chi connectivity index (χ1) is 14.0. The van der Waals surface area contributed by atoms with E-state index in [1.165, 1.54) is 17.3 Å². The molecule has 2 aromatic heterocycles. The lowest BCUT2D eigenvalue weighted by Crippen LogP contribution is -2.41. The summed E-state index contributed by atoms with van der Waals surface area (Å²) in [6.07, 6.45) is 3.07. The van der Waals surface area contributed by atoms with E-state index in [4.69, 9.17) is 14.0 Å². The fourth-order valence-corrected chi connectivity index (χ4v) is 4.85. The minimum atomic E-state index is -3.85. The first kappa shape index (κ1) is 20.9. The molecule has 1 aliphatic heterocycles. The van der Waals surface area contributed by atoms with Gasteiger partial charge in [0.05, 0.1) is 34.1 Å². The van der Waals surface area contributed by atoms with Crippen LogP contribution in [-0.4, -0.2) is 42.8 Å². The predicted octanol–water partition coefficient (Wildman–Crippen LogP) is 2.89. The van der Waals surface area contributed by atoms with E-state index in [1.54, 1.807) is 36.5 Å². The van der Waals surface area contributed by atoms with Gasteiger partial charge in [0.2, 0.25) is 5.88 Å². The molecule has 4 rings (SSSR count). The van der Waals surface area contributed by atoms with Gasteiger partial charge < -0.3 is 14.0 Å². The number of hydrogen-bond acceptors (Lipinski definition) is 6. The second kappa shape index (κ2) is 6.83. The third-order valence-corrected chi connectivity index (χ3v) is 7.64. The summed E-state index contributed by atoms with van der Waals surface area (Å²) in [4.78, 5) is 4.46. The van der Waals surface area contributed by atoms with E-state index in [9.17, 15) is 8.42 Å². The Morgan fingerprint density at radius 1 is 1.03 bits per heavy atom. The Morgan fingerprint density at radius 2 is 1.63 bits per heavy atom. The molecule has 1 saturated heterocycles. The van der Waals surface area contributed by atoms with Crippen molar-refractivity contribution in [3.8, 4) is 5.88 Å². The summed E-state index contributed by atoms with van der Waals surface area (Å²) >= 11 is 0. The maximum Gasteiger partial charge on any atom is 0.497 e. The van der Waals surface area contributed by atoms with Crippen LogP contribution in [0.5, 0.6) is 5.88 Å². The van der Waals surface area contributed by atoms with E-state index >= 15 is 0 Å². The van der Waals surface area contributed by atoms with Gasteiger partial charge in [0.1, 0.15) is 0 Å². The number of ether oxygens (including phenoxy) is 1. The highest BCUT2D eigenvalue weighted by atomic mass is 32.2. The summed E-state index contributed by atoms with van der Waals surface area (Å²) in [6, 6.07) is 8.40. The van der Waals surface area contributed by atoms with E-state index < -0.39 is 28.3 Å². The molecular formula is C21H25BN2O5S. The van der Waals surface area contributed by atoms with Crippen LogP contribution in [0.4, 0.5) is 0 Å². The Hall–Kier alpha value is -2.36. The number of methoxy groups -OCH3 is 1. The number of rotatable bonds is 4. The van der Waals surface area contributed by atoms with Crippen LogP contribution in [0, 0.1) is 6.92 Å². The fraction of sp³-hybridized carbons (Fsp3) is 0.381. The molecule has 0 unspecified atom stereocenters. The smallest absolute Gasteiger partial charge is 0.481 e. The van der Waals surface area contributed by atoms with Crippen LogP contribution in [0.15, 0.2) is 47.6 Å². The minimum absolute atomic E-state index is 0.196. The summed E-state index contributed by atoms with van der Waals surface area (Å²) < 4.78 is 46.0. The van der Waals surface area contributed by atoms with Crippen molar-refractivity contribution in [2.24, 2.45) is 0 Å². The molecule has 0 spiro atoms. The molecule has 3 aromatic rings. The monoisotopic (exact) mass is 428 g/mol. The molecule has 0 radical (unpaired) electrons. The van der Waals surface area contributed by atoms with Crippen molar-refractivity contribution in [2.75, 3.05) is 7.11 Å². The molecule has 0 N–H and O–H groups in total. The lowest BCUT2D eigenvalue weighted by molar-refractivity contribution is 0.00578. The highest BCUT2D eigenvalue weighted by Gasteiger charge is 2.53. The first-order valence-electron chi connectivity index (χ1n) is 9.70. The zero-order valence-electron chi connectivity index (χ0n) is 18.0. The summed E-state index contributed by atoms with van der Waals surface area (Å²) in [5.41, 5.74) is 0.848. The molecule has 1 aromatic carbocycles. The van der Waals surface area contributed by atoms with Crippen molar-refractivity contribution in [3.05, 3.63) is 48.3 Å². The number of fused-ring (bicyclic) bond motifs is 1. The van der Waals surface area contributed by atoms with Crippen LogP contribution >= 0.6 is 0 Å². The topological polar surface area (TPSA) is 79.7 Å². The Bertz CT molecular complexity index is 1200. The minimum Gasteiger partial charge on any atom is -0.481 e. The molecule has 1 aliphatic rings. The maximum absolute atomic E-state index is 13.5. The molecule has 0 aliphatic carbocycles. The van der Waals surface area contributed by atoms with E-state index in [-0.39, 0.29) is 4.90 Å². The summed E-state index contributed by atoms with van der Waals surface area (Å²) in [5, 5.41) is 0.550. The SMILES string of the molecule is COc1nccc2c1c(B1OC(C)(C)C(C)(C)O1)cn2S(=O)(=O)c1ccc(C)cc1. The Balaban J connectivity index is 1.95. The molecule has 3 heterocycles. The average Bonchev–Trinajstić information content (AvgIpc) is 3.17. The largest absolute Gasteiger partial charge is 0.497 e. The Morgan fingerprint density at radius 3 is 2.20 bits per heavy atom. The van der Waals surface area contributed by atoms with Crippen molar-refractivity contribution < 1.29 is 22.5 Å². The van der Waals surface area contributed by atoms with E-state index in [0.29, 0.717) is 22.2 Å². The average molecular weight is 428 g/mol. The molecule has 0 saturated carbocycles. The molecule has 0 atom stereocenters. The first-order valence-corrected chi connectivity index (χ1v) is 11.1. The van der Waals surface area contributed by atoms with Gasteiger partial charge in [0, 0.05) is 17.9 Å². The summed E-state index contributed by atoms with van der Waals surface area (Å²) in [5.74, 6) is 0.315. The second-order valence-corrected chi connectivity index (χ2v) is 10.3. The van der Waals surface area contributed by atoms with Gasteiger partial charge in [-0.25, -0.2) is 17.4 Å². The lowest BCUT2D eigenvalue weighted by Gasteiger charge is -2.32. The van der Waals surface area contributed by atoms with E-state index in [0.717, 1.165) is 5.56 Å². The Kier molecular flexibility index (Phi) is 4.76. The highest BCUT2D eigenvalue weighted by Crippen LogP contribution is 2.38. The third-order valence-electron chi connectivity index (χ3n) is 5.95. The number of aryl methyl sites for hydroxylation is 1. The van der Waals surface area contributed by atoms with Gasteiger partial charge in [-0.3, -0.25) is 0 Å². The molecule has 1 fully saturated rings. The van der Waals surface area contributed by atoms with Gasteiger partial charge in [-0.1, -0.05) is 17.7 Å². The molecule has 158 valence electrons. The van der Waals surface area contributed by atoms with Crippen molar-refractivity contribution >= 4 is 33.5 Å². The van der Waals surface area contributed by atoms with Crippen LogP contribution in [0.3, 0.4) is 0 Å². The predicted molar refractivity (Wildman–Crippen MR) is 116 cm³/mol. The molecular weight excluding hydrogens is 403 g/mol. The van der Waals surface area contributed by atoms with Crippen molar-refractivity contribution in [2.45, 2.75) is 50.7 Å². The molecule has 0 amide bonds. The number of nitrogens with zero attached hydrogens (tertiary/aromatic N) is 2. The number of aromatic nitrogens is 2. The van der Waals surface area contributed by atoms with Gasteiger partial charge in [-0.15, -0.1) is 0 Å². The van der Waals surface area contributed by atoms with Crippen molar-refractivity contribution in [1.29, 1.82) is 0 Å². The fourth-order valence-electron chi connectivity index (χ4n) is 3.47. The molecule has 0 bridgehead atoms. The zero-order chi connectivity index (χ0) is 21.9. The van der Waals surface area contributed by atoms with Gasteiger partial charge in [0.25, 0.3) is 10.0 Å². The molecule has 7 nitrogen and oxygen atoms in total. The van der Waals surface area contributed by atoms with Gasteiger partial charge in [0.15, 0.2) is 0 Å². The van der Waals surface area contributed by atoms with Crippen molar-refractivity contribution in [1.82, 2.24) is 8.96 Å². The van der Waals surface area contributed by atoms with Crippen LogP contribution in [0.25, 0.3) is 10.9 Å². The quantitative estimate of drug-likeness (QED) is 0.595. The van der Waals surface area contributed by atoms with Crippen LogP contribution < -0.4 is 10.2 Å². The van der Waals surface area contributed by atoms with E-state index in [2.05, 4.69) is 4.98 Å². The zero-order valence-corrected chi connectivity index (χ0v) is 18.8. The van der Waals surface area contributed by atoms with Crippen LogP contribution in [-0.2, 0) is 19.3 Å². The van der Waals surface area contributed by atoms with Gasteiger partial charge in [-0.05, 0) is 52.8 Å². The normalized spacial score (nSPS) is 18.1. The highest BCUT2D eigenvalue weighted by molar-refractivity contribution is 7.90. The van der Waals surface area contributed by atoms with Crippen LogP contribution in [0.2, 0.25) is 0 Å². The third kappa shape index (κ3) is 3.12. The Labute approximate surface area is 177 Å². The maximum atomic E-state index is 13.5. The summed E-state index contributed by atoms with van der Waals surface area (Å²) in [6.45, 7) is 9.71. The van der Waals surface area contributed by atoms with Crippen molar-refractivity contribution in [3.63, 3.8) is 0 Å². The lowest BCUT2D eigenvalue weighted by atomic mass is 9.79. The standard InChI is InChI=1S/C21H25BN2O5S/c1-14-7-9-15(10-8-14)30(25,26)24-13-16(18-17(24)11-12-23-19(18)27-6)22-28-20(2,3)21(4,5)29-22/h7-13H,1-6H3. The van der Waals surface area contributed by atoms with Gasteiger partial charge in [-0.2, -0.15) is 0 Å². The summed E-state index contributed by atoms with van der Waals surface area (Å²) in [7, 11) is -3.11. The molecule has 30 heavy (non-hydrogen) atoms. The number of pyridine rings is 1.